The van der Waals surface area contributed by atoms with E-state index in [1.807, 2.05) is 0 Å². The molecule has 3 nitrogen and oxygen atoms in total. The van der Waals surface area contributed by atoms with Crippen molar-refractivity contribution in [3.05, 3.63) is 34.9 Å². The minimum Gasteiger partial charge on any atom is -0.394 e. The van der Waals surface area contributed by atoms with Gasteiger partial charge in [-0.3, -0.25) is 4.79 Å². The molecule has 0 spiro atoms. The number of nitrogens with one attached hydrogen (secondary N) is 1. The first-order valence-electron chi connectivity index (χ1n) is 6.83. The Hall–Kier alpha value is -1.56. The lowest BCUT2D eigenvalue weighted by Gasteiger charge is -2.18. The largest absolute Gasteiger partial charge is 0.416 e. The number of aliphatic hydroxyl groups excluding tert-OH is 1. The number of carbonyl (C=O) groups excluding carboxylic acids is 1. The number of benzene rings is 1. The van der Waals surface area contributed by atoms with Crippen molar-refractivity contribution in [3.8, 4) is 0 Å². The summed E-state index contributed by atoms with van der Waals surface area (Å²) in [6, 6.07) is 3.12. The van der Waals surface area contributed by atoms with Crippen LogP contribution in [0.4, 0.5) is 13.2 Å². The van der Waals surface area contributed by atoms with Crippen LogP contribution in [0.2, 0.25) is 0 Å². The fraction of sp³-hybridized carbons (Fsp3) is 0.533. The number of hydrogen-bond donors (Lipinski definition) is 2. The number of hydrogen-bond acceptors (Lipinski definition) is 2. The third-order valence-electron chi connectivity index (χ3n) is 3.29. The Balaban J connectivity index is 3.14. The molecule has 1 rings (SSSR count). The zero-order valence-electron chi connectivity index (χ0n) is 12.3. The third-order valence-corrected chi connectivity index (χ3v) is 3.29. The number of rotatable bonds is 5. The fourth-order valence-corrected chi connectivity index (χ4v) is 1.99. The van der Waals surface area contributed by atoms with Gasteiger partial charge in [-0.2, -0.15) is 13.2 Å². The monoisotopic (exact) mass is 303 g/mol. The van der Waals surface area contributed by atoms with Crippen LogP contribution < -0.4 is 5.32 Å². The fourth-order valence-electron chi connectivity index (χ4n) is 1.99. The molecule has 0 bridgehead atoms. The maximum absolute atomic E-state index is 13.1. The zero-order chi connectivity index (χ0) is 16.2. The summed E-state index contributed by atoms with van der Waals surface area (Å²) in [5.41, 5.74) is -0.686. The summed E-state index contributed by atoms with van der Waals surface area (Å²) in [4.78, 5) is 11.9. The van der Waals surface area contributed by atoms with Crippen LogP contribution in [0, 0.1) is 0 Å². The summed E-state index contributed by atoms with van der Waals surface area (Å²) in [5, 5.41) is 11.5. The number of halogens is 3. The molecule has 0 aliphatic carbocycles. The van der Waals surface area contributed by atoms with Crippen molar-refractivity contribution in [2.45, 2.75) is 45.3 Å². The van der Waals surface area contributed by atoms with E-state index in [4.69, 9.17) is 5.11 Å². The van der Waals surface area contributed by atoms with E-state index in [-0.39, 0.29) is 23.7 Å². The number of carbonyl (C=O) groups is 1. The van der Waals surface area contributed by atoms with E-state index in [0.717, 1.165) is 6.07 Å². The minimum atomic E-state index is -4.50. The van der Waals surface area contributed by atoms with Crippen LogP contribution >= 0.6 is 0 Å². The molecular formula is C15H20F3NO2. The Labute approximate surface area is 122 Å². The van der Waals surface area contributed by atoms with Crippen LogP contribution in [0.5, 0.6) is 0 Å². The average Bonchev–Trinajstić information content (AvgIpc) is 2.42. The molecular weight excluding hydrogens is 283 g/mol. The van der Waals surface area contributed by atoms with Crippen LogP contribution in [0.3, 0.4) is 0 Å². The van der Waals surface area contributed by atoms with Gasteiger partial charge < -0.3 is 10.4 Å². The van der Waals surface area contributed by atoms with Gasteiger partial charge in [0, 0.05) is 5.56 Å². The van der Waals surface area contributed by atoms with Gasteiger partial charge in [-0.05, 0) is 30.0 Å². The molecule has 1 amide bonds. The highest BCUT2D eigenvalue weighted by molar-refractivity contribution is 5.94. The normalized spacial score (nSPS) is 13.3. The predicted molar refractivity (Wildman–Crippen MR) is 74.2 cm³/mol. The first-order chi connectivity index (χ1) is 9.70. The molecule has 1 atom stereocenters. The highest BCUT2D eigenvalue weighted by Gasteiger charge is 2.34. The molecule has 0 aliphatic heterocycles. The Bertz CT molecular complexity index is 494. The van der Waals surface area contributed by atoms with Gasteiger partial charge in [0.2, 0.25) is 0 Å². The minimum absolute atomic E-state index is 0.0568. The second kappa shape index (κ2) is 6.93. The molecule has 1 unspecified atom stereocenters. The third kappa shape index (κ3) is 4.46. The van der Waals surface area contributed by atoms with E-state index >= 15 is 0 Å². The highest BCUT2D eigenvalue weighted by atomic mass is 19.4. The average molecular weight is 303 g/mol. The summed E-state index contributed by atoms with van der Waals surface area (Å²) in [5.74, 6) is -0.906. The SMILES string of the molecule is CCC(CO)NC(=O)c1ccc(C(C)C)c(C(F)(F)F)c1. The summed E-state index contributed by atoms with van der Waals surface area (Å²) in [7, 11) is 0. The van der Waals surface area contributed by atoms with Gasteiger partial charge in [0.25, 0.3) is 5.91 Å². The van der Waals surface area contributed by atoms with E-state index in [2.05, 4.69) is 5.32 Å². The maximum Gasteiger partial charge on any atom is 0.416 e. The summed E-state index contributed by atoms with van der Waals surface area (Å²) in [6.45, 7) is 4.86. The summed E-state index contributed by atoms with van der Waals surface area (Å²) < 4.78 is 39.2. The Morgan fingerprint density at radius 2 is 1.95 bits per heavy atom. The Morgan fingerprint density at radius 1 is 1.33 bits per heavy atom. The first-order valence-corrected chi connectivity index (χ1v) is 6.83. The zero-order valence-corrected chi connectivity index (χ0v) is 12.3. The van der Waals surface area contributed by atoms with E-state index in [1.165, 1.54) is 12.1 Å². The van der Waals surface area contributed by atoms with E-state index in [1.54, 1.807) is 20.8 Å². The molecule has 118 valence electrons. The van der Waals surface area contributed by atoms with Crippen molar-refractivity contribution in [2.75, 3.05) is 6.61 Å². The number of alkyl halides is 3. The van der Waals surface area contributed by atoms with Gasteiger partial charge in [-0.25, -0.2) is 0 Å². The van der Waals surface area contributed by atoms with Crippen molar-refractivity contribution in [3.63, 3.8) is 0 Å². The number of amides is 1. The van der Waals surface area contributed by atoms with Crippen LogP contribution in [0.15, 0.2) is 18.2 Å². The van der Waals surface area contributed by atoms with Gasteiger partial charge in [0.05, 0.1) is 18.2 Å². The van der Waals surface area contributed by atoms with Crippen LogP contribution in [0.25, 0.3) is 0 Å². The first kappa shape index (κ1) is 17.5. The summed E-state index contributed by atoms with van der Waals surface area (Å²) >= 11 is 0. The van der Waals surface area contributed by atoms with Gasteiger partial charge in [-0.15, -0.1) is 0 Å². The van der Waals surface area contributed by atoms with Gasteiger partial charge in [0.15, 0.2) is 0 Å². The van der Waals surface area contributed by atoms with Crippen molar-refractivity contribution < 1.29 is 23.1 Å². The van der Waals surface area contributed by atoms with Crippen LogP contribution in [0.1, 0.15) is 54.6 Å². The molecule has 0 saturated heterocycles. The second-order valence-corrected chi connectivity index (χ2v) is 5.22. The quantitative estimate of drug-likeness (QED) is 0.876. The maximum atomic E-state index is 13.1. The lowest BCUT2D eigenvalue weighted by molar-refractivity contribution is -0.138. The molecule has 0 aliphatic rings. The molecule has 0 radical (unpaired) electrons. The van der Waals surface area contributed by atoms with Crippen molar-refractivity contribution in [2.24, 2.45) is 0 Å². The van der Waals surface area contributed by atoms with E-state index in [9.17, 15) is 18.0 Å². The smallest absolute Gasteiger partial charge is 0.394 e. The molecule has 0 fully saturated rings. The molecule has 0 aromatic heterocycles. The van der Waals surface area contributed by atoms with Crippen molar-refractivity contribution in [1.82, 2.24) is 5.32 Å². The Kier molecular flexibility index (Phi) is 5.78. The molecule has 0 heterocycles. The molecule has 6 heteroatoms. The molecule has 1 aromatic rings. The topological polar surface area (TPSA) is 49.3 Å². The van der Waals surface area contributed by atoms with Crippen molar-refractivity contribution in [1.29, 1.82) is 0 Å². The van der Waals surface area contributed by atoms with Crippen molar-refractivity contribution >= 4 is 5.91 Å². The molecule has 0 saturated carbocycles. The molecule has 21 heavy (non-hydrogen) atoms. The van der Waals surface area contributed by atoms with Gasteiger partial charge >= 0.3 is 6.18 Å². The Morgan fingerprint density at radius 3 is 2.38 bits per heavy atom. The van der Waals surface area contributed by atoms with Crippen LogP contribution in [-0.2, 0) is 6.18 Å². The number of aliphatic hydroxyl groups is 1. The lowest BCUT2D eigenvalue weighted by atomic mass is 9.94. The van der Waals surface area contributed by atoms with Crippen LogP contribution in [-0.4, -0.2) is 23.7 Å². The lowest BCUT2D eigenvalue weighted by Crippen LogP contribution is -2.37. The standard InChI is InChI=1S/C15H20F3NO2/c1-4-11(8-20)19-14(21)10-5-6-12(9(2)3)13(7-10)15(16,17)18/h5-7,9,11,20H,4,8H2,1-3H3,(H,19,21). The van der Waals surface area contributed by atoms with E-state index < -0.39 is 23.7 Å². The highest BCUT2D eigenvalue weighted by Crippen LogP contribution is 2.35. The van der Waals surface area contributed by atoms with Gasteiger partial charge in [-0.1, -0.05) is 26.8 Å². The molecule has 1 aromatic carbocycles. The van der Waals surface area contributed by atoms with Gasteiger partial charge in [0.1, 0.15) is 0 Å². The molecule has 2 N–H and O–H groups in total. The predicted octanol–water partition coefficient (Wildman–Crippen LogP) is 3.33. The second-order valence-electron chi connectivity index (χ2n) is 5.22. The summed E-state index contributed by atoms with van der Waals surface area (Å²) in [6.07, 6.45) is -4.00. The van der Waals surface area contributed by atoms with E-state index in [0.29, 0.717) is 6.42 Å².